The first-order valence-electron chi connectivity index (χ1n) is 7.27. The molecule has 0 aliphatic carbocycles. The SMILES string of the molecule is Cc1cc(Br)ccc1CNS(=O)(=O)c1cc2c(cc1Cl)NC(=O)CO2. The second kappa shape index (κ2) is 6.95. The lowest BCUT2D eigenvalue weighted by molar-refractivity contribution is -0.118. The lowest BCUT2D eigenvalue weighted by atomic mass is 10.1. The first kappa shape index (κ1) is 18.2. The maximum atomic E-state index is 12.6. The molecule has 0 saturated carbocycles. The van der Waals surface area contributed by atoms with Crippen LogP contribution >= 0.6 is 27.5 Å². The average molecular weight is 446 g/mol. The number of benzene rings is 2. The van der Waals surface area contributed by atoms with Gasteiger partial charge < -0.3 is 10.1 Å². The van der Waals surface area contributed by atoms with Gasteiger partial charge in [-0.1, -0.05) is 33.6 Å². The standard InChI is InChI=1S/C16H14BrClN2O4S/c1-9-4-11(17)3-2-10(9)7-19-25(22,23)15-6-14-13(5-12(15)18)20-16(21)8-24-14/h2-6,19H,7-8H2,1H3,(H,20,21). The molecule has 6 nitrogen and oxygen atoms in total. The van der Waals surface area contributed by atoms with E-state index in [4.69, 9.17) is 16.3 Å². The number of amides is 1. The summed E-state index contributed by atoms with van der Waals surface area (Å²) in [5.74, 6) is -0.0489. The number of carbonyl (C=O) groups excluding carboxylic acids is 1. The molecule has 25 heavy (non-hydrogen) atoms. The highest BCUT2D eigenvalue weighted by Crippen LogP contribution is 2.35. The van der Waals surface area contributed by atoms with E-state index in [0.29, 0.717) is 5.69 Å². The van der Waals surface area contributed by atoms with Crippen molar-refractivity contribution in [3.8, 4) is 5.75 Å². The summed E-state index contributed by atoms with van der Waals surface area (Å²) < 4.78 is 33.9. The Morgan fingerprint density at radius 2 is 2.08 bits per heavy atom. The van der Waals surface area contributed by atoms with Crippen LogP contribution in [0.15, 0.2) is 39.7 Å². The third kappa shape index (κ3) is 3.98. The molecule has 1 heterocycles. The Labute approximate surface area is 158 Å². The van der Waals surface area contributed by atoms with Gasteiger partial charge in [-0.05, 0) is 36.2 Å². The third-order valence-corrected chi connectivity index (χ3v) is 6.07. The van der Waals surface area contributed by atoms with Crippen LogP contribution in [0.3, 0.4) is 0 Å². The Balaban J connectivity index is 1.86. The largest absolute Gasteiger partial charge is 0.482 e. The highest BCUT2D eigenvalue weighted by atomic mass is 79.9. The van der Waals surface area contributed by atoms with Gasteiger partial charge in [-0.15, -0.1) is 0 Å². The fourth-order valence-electron chi connectivity index (χ4n) is 2.40. The number of nitrogens with one attached hydrogen (secondary N) is 2. The molecule has 0 saturated heterocycles. The number of halogens is 2. The van der Waals surface area contributed by atoms with E-state index in [1.807, 2.05) is 25.1 Å². The maximum Gasteiger partial charge on any atom is 0.262 e. The number of fused-ring (bicyclic) bond motifs is 1. The minimum absolute atomic E-state index is 0.00424. The molecule has 0 radical (unpaired) electrons. The van der Waals surface area contributed by atoms with Crippen molar-refractivity contribution in [1.29, 1.82) is 0 Å². The number of rotatable bonds is 4. The molecule has 0 atom stereocenters. The van der Waals surface area contributed by atoms with Crippen molar-refractivity contribution in [3.05, 3.63) is 51.0 Å². The Kier molecular flexibility index (Phi) is 5.06. The van der Waals surface area contributed by atoms with Crippen LogP contribution < -0.4 is 14.8 Å². The fraction of sp³-hybridized carbons (Fsp3) is 0.188. The monoisotopic (exact) mass is 444 g/mol. The normalized spacial score (nSPS) is 13.8. The molecule has 2 aromatic rings. The van der Waals surface area contributed by atoms with Gasteiger partial charge in [0.25, 0.3) is 5.91 Å². The number of carbonyl (C=O) groups is 1. The predicted octanol–water partition coefficient (Wildman–Crippen LogP) is 3.22. The van der Waals surface area contributed by atoms with Crippen LogP contribution in [-0.2, 0) is 21.4 Å². The van der Waals surface area contributed by atoms with Crippen LogP contribution in [-0.4, -0.2) is 20.9 Å². The molecule has 1 amide bonds. The van der Waals surface area contributed by atoms with Gasteiger partial charge in [0.1, 0.15) is 10.6 Å². The van der Waals surface area contributed by atoms with Crippen molar-refractivity contribution < 1.29 is 17.9 Å². The number of aryl methyl sites for hydroxylation is 1. The minimum Gasteiger partial charge on any atom is -0.482 e. The van der Waals surface area contributed by atoms with Crippen molar-refractivity contribution in [2.24, 2.45) is 0 Å². The number of anilines is 1. The smallest absolute Gasteiger partial charge is 0.262 e. The van der Waals surface area contributed by atoms with Gasteiger partial charge >= 0.3 is 0 Å². The predicted molar refractivity (Wildman–Crippen MR) is 98.5 cm³/mol. The van der Waals surface area contributed by atoms with E-state index in [1.165, 1.54) is 12.1 Å². The number of hydrogen-bond donors (Lipinski definition) is 2. The number of hydrogen-bond acceptors (Lipinski definition) is 4. The first-order chi connectivity index (χ1) is 11.8. The molecule has 9 heteroatoms. The van der Waals surface area contributed by atoms with Crippen molar-refractivity contribution in [2.45, 2.75) is 18.4 Å². The summed E-state index contributed by atoms with van der Waals surface area (Å²) in [6.45, 7) is 1.86. The summed E-state index contributed by atoms with van der Waals surface area (Å²) in [5, 5.41) is 2.59. The van der Waals surface area contributed by atoms with Crippen molar-refractivity contribution in [3.63, 3.8) is 0 Å². The molecule has 2 aromatic carbocycles. The van der Waals surface area contributed by atoms with E-state index in [0.717, 1.165) is 15.6 Å². The summed E-state index contributed by atoms with van der Waals surface area (Å²) >= 11 is 9.47. The Morgan fingerprint density at radius 1 is 1.32 bits per heavy atom. The van der Waals surface area contributed by atoms with Gasteiger partial charge in [0.2, 0.25) is 10.0 Å². The molecule has 1 aliphatic heterocycles. The zero-order valence-electron chi connectivity index (χ0n) is 13.1. The molecule has 3 rings (SSSR count). The van der Waals surface area contributed by atoms with E-state index < -0.39 is 10.0 Å². The lowest BCUT2D eigenvalue weighted by Crippen LogP contribution is -2.27. The molecule has 1 aliphatic rings. The molecule has 0 fully saturated rings. The van der Waals surface area contributed by atoms with Crippen LogP contribution in [0.4, 0.5) is 5.69 Å². The molecule has 0 bridgehead atoms. The van der Waals surface area contributed by atoms with E-state index >= 15 is 0 Å². The number of ether oxygens (including phenoxy) is 1. The van der Waals surface area contributed by atoms with Crippen LogP contribution in [0, 0.1) is 6.92 Å². The van der Waals surface area contributed by atoms with Crippen LogP contribution in [0.5, 0.6) is 5.75 Å². The zero-order chi connectivity index (χ0) is 18.2. The molecular weight excluding hydrogens is 432 g/mol. The second-order valence-corrected chi connectivity index (χ2v) is 8.57. The molecule has 2 N–H and O–H groups in total. The van der Waals surface area contributed by atoms with Crippen LogP contribution in [0.25, 0.3) is 0 Å². The quantitative estimate of drug-likeness (QED) is 0.757. The van der Waals surface area contributed by atoms with Gasteiger partial charge in [-0.2, -0.15) is 0 Å². The van der Waals surface area contributed by atoms with Gasteiger partial charge in [-0.25, -0.2) is 13.1 Å². The first-order valence-corrected chi connectivity index (χ1v) is 9.92. The zero-order valence-corrected chi connectivity index (χ0v) is 16.3. The van der Waals surface area contributed by atoms with Crippen LogP contribution in [0.2, 0.25) is 5.02 Å². The highest BCUT2D eigenvalue weighted by Gasteiger charge is 2.24. The van der Waals surface area contributed by atoms with E-state index in [-0.39, 0.29) is 34.7 Å². The van der Waals surface area contributed by atoms with Gasteiger partial charge in [0.15, 0.2) is 6.61 Å². The van der Waals surface area contributed by atoms with Crippen molar-refractivity contribution in [1.82, 2.24) is 4.72 Å². The van der Waals surface area contributed by atoms with Crippen molar-refractivity contribution >= 4 is 49.1 Å². The molecular formula is C16H14BrClN2O4S. The molecule has 0 unspecified atom stereocenters. The highest BCUT2D eigenvalue weighted by molar-refractivity contribution is 9.10. The lowest BCUT2D eigenvalue weighted by Gasteiger charge is -2.19. The summed E-state index contributed by atoms with van der Waals surface area (Å²) in [5.41, 5.74) is 2.16. The Hall–Kier alpha value is -1.61. The molecule has 0 aromatic heterocycles. The maximum absolute atomic E-state index is 12.6. The van der Waals surface area contributed by atoms with Crippen molar-refractivity contribution in [2.75, 3.05) is 11.9 Å². The van der Waals surface area contributed by atoms with Gasteiger partial charge in [0, 0.05) is 17.1 Å². The summed E-state index contributed by atoms with van der Waals surface area (Å²) in [6, 6.07) is 8.28. The Morgan fingerprint density at radius 3 is 2.80 bits per heavy atom. The van der Waals surface area contributed by atoms with Crippen LogP contribution in [0.1, 0.15) is 11.1 Å². The van der Waals surface area contributed by atoms with E-state index in [2.05, 4.69) is 26.0 Å². The molecule has 132 valence electrons. The van der Waals surface area contributed by atoms with E-state index in [1.54, 1.807) is 0 Å². The molecule has 0 spiro atoms. The minimum atomic E-state index is -3.85. The number of sulfonamides is 1. The summed E-state index contributed by atoms with van der Waals surface area (Å²) in [7, 11) is -3.85. The summed E-state index contributed by atoms with van der Waals surface area (Å²) in [4.78, 5) is 11.2. The topological polar surface area (TPSA) is 84.5 Å². The third-order valence-electron chi connectivity index (χ3n) is 3.71. The summed E-state index contributed by atoms with van der Waals surface area (Å²) in [6.07, 6.45) is 0. The second-order valence-electron chi connectivity index (χ2n) is 5.51. The Bertz CT molecular complexity index is 963. The van der Waals surface area contributed by atoms with Gasteiger partial charge in [-0.3, -0.25) is 4.79 Å². The average Bonchev–Trinajstić information content (AvgIpc) is 2.53. The van der Waals surface area contributed by atoms with E-state index in [9.17, 15) is 13.2 Å². The fourth-order valence-corrected chi connectivity index (χ4v) is 4.42. The van der Waals surface area contributed by atoms with Gasteiger partial charge in [0.05, 0.1) is 10.7 Å².